The molecule has 0 unspecified atom stereocenters. The van der Waals surface area contributed by atoms with Crippen molar-refractivity contribution in [1.82, 2.24) is 0 Å². The van der Waals surface area contributed by atoms with Crippen LogP contribution in [-0.2, 0) is 5.33 Å². The highest BCUT2D eigenvalue weighted by Gasteiger charge is 2.08. The molecule has 0 N–H and O–H groups in total. The molecular formula is C12H6BrN3. The van der Waals surface area contributed by atoms with Gasteiger partial charge in [0.25, 0.3) is 0 Å². The summed E-state index contributed by atoms with van der Waals surface area (Å²) in [6, 6.07) is 12.4. The lowest BCUT2D eigenvalue weighted by atomic mass is 10.0. The lowest BCUT2D eigenvalue weighted by Gasteiger charge is -2.00. The van der Waals surface area contributed by atoms with Crippen LogP contribution in [0.1, 0.15) is 11.1 Å². The predicted octanol–water partition coefficient (Wildman–Crippen LogP) is 2.91. The first-order valence-electron chi connectivity index (χ1n) is 4.36. The molecule has 0 saturated heterocycles. The molecule has 0 amide bonds. The van der Waals surface area contributed by atoms with Crippen molar-refractivity contribution < 1.29 is 0 Å². The van der Waals surface area contributed by atoms with E-state index in [9.17, 15) is 0 Å². The van der Waals surface area contributed by atoms with E-state index in [2.05, 4.69) is 15.9 Å². The van der Waals surface area contributed by atoms with Crippen LogP contribution in [0.3, 0.4) is 0 Å². The van der Waals surface area contributed by atoms with E-state index >= 15 is 0 Å². The summed E-state index contributed by atoms with van der Waals surface area (Å²) in [4.78, 5) is 0. The van der Waals surface area contributed by atoms with Gasteiger partial charge in [0.2, 0.25) is 0 Å². The van der Waals surface area contributed by atoms with Gasteiger partial charge >= 0.3 is 0 Å². The SMILES string of the molecule is N#CC(C#N)=C(C#N)c1ccc(CBr)cc1. The Morgan fingerprint density at radius 3 is 1.94 bits per heavy atom. The second-order valence-corrected chi connectivity index (χ2v) is 3.48. The number of hydrogen-bond acceptors (Lipinski definition) is 3. The van der Waals surface area contributed by atoms with Gasteiger partial charge in [-0.3, -0.25) is 0 Å². The topological polar surface area (TPSA) is 71.4 Å². The molecule has 0 aliphatic carbocycles. The number of nitrogens with zero attached hydrogens (tertiary/aromatic N) is 3. The van der Waals surface area contributed by atoms with Crippen LogP contribution in [0.5, 0.6) is 0 Å². The highest BCUT2D eigenvalue weighted by molar-refractivity contribution is 9.08. The molecule has 76 valence electrons. The highest BCUT2D eigenvalue weighted by atomic mass is 79.9. The third-order valence-corrected chi connectivity index (χ3v) is 2.63. The molecule has 0 saturated carbocycles. The molecule has 1 aromatic carbocycles. The molecule has 0 bridgehead atoms. The van der Waals surface area contributed by atoms with Crippen LogP contribution in [0, 0.1) is 34.0 Å². The van der Waals surface area contributed by atoms with E-state index in [0.29, 0.717) is 5.56 Å². The molecule has 0 spiro atoms. The van der Waals surface area contributed by atoms with E-state index in [0.717, 1.165) is 10.9 Å². The Labute approximate surface area is 102 Å². The first kappa shape index (κ1) is 12.0. The molecule has 0 aromatic heterocycles. The van der Waals surface area contributed by atoms with Gasteiger partial charge < -0.3 is 0 Å². The Hall–Kier alpha value is -2.09. The van der Waals surface area contributed by atoms with Crippen LogP contribution in [0.25, 0.3) is 5.57 Å². The van der Waals surface area contributed by atoms with Crippen molar-refractivity contribution >= 4 is 21.5 Å². The Bertz CT molecular complexity index is 520. The molecule has 4 heteroatoms. The smallest absolute Gasteiger partial charge is 0.148 e. The summed E-state index contributed by atoms with van der Waals surface area (Å²) in [5, 5.41) is 27.0. The minimum absolute atomic E-state index is 0.117. The van der Waals surface area contributed by atoms with Crippen molar-refractivity contribution in [2.24, 2.45) is 0 Å². The third-order valence-electron chi connectivity index (χ3n) is 1.98. The molecule has 0 fully saturated rings. The van der Waals surface area contributed by atoms with Crippen molar-refractivity contribution in [3.63, 3.8) is 0 Å². The van der Waals surface area contributed by atoms with E-state index in [4.69, 9.17) is 15.8 Å². The maximum atomic E-state index is 8.92. The maximum absolute atomic E-state index is 8.92. The van der Waals surface area contributed by atoms with Gasteiger partial charge in [-0.1, -0.05) is 40.2 Å². The zero-order valence-electron chi connectivity index (χ0n) is 8.24. The zero-order chi connectivity index (χ0) is 12.0. The molecular weight excluding hydrogens is 266 g/mol. The van der Waals surface area contributed by atoms with Crippen molar-refractivity contribution in [1.29, 1.82) is 15.8 Å². The van der Waals surface area contributed by atoms with E-state index in [-0.39, 0.29) is 11.1 Å². The summed E-state index contributed by atoms with van der Waals surface area (Å²) in [5.74, 6) is 0. The number of benzene rings is 1. The number of rotatable bonds is 2. The van der Waals surface area contributed by atoms with Gasteiger partial charge in [-0.15, -0.1) is 0 Å². The van der Waals surface area contributed by atoms with Crippen molar-refractivity contribution in [3.8, 4) is 18.2 Å². The summed E-state index contributed by atoms with van der Waals surface area (Å²) < 4.78 is 0. The van der Waals surface area contributed by atoms with Crippen LogP contribution in [-0.4, -0.2) is 0 Å². The number of hydrogen-bond donors (Lipinski definition) is 0. The van der Waals surface area contributed by atoms with Crippen LogP contribution >= 0.6 is 15.9 Å². The fourth-order valence-electron chi connectivity index (χ4n) is 1.16. The molecule has 1 aromatic rings. The van der Waals surface area contributed by atoms with Crippen LogP contribution in [0.4, 0.5) is 0 Å². The van der Waals surface area contributed by atoms with E-state index in [1.54, 1.807) is 24.3 Å². The van der Waals surface area contributed by atoms with Gasteiger partial charge in [0.05, 0.1) is 5.57 Å². The first-order chi connectivity index (χ1) is 7.76. The number of alkyl halides is 1. The maximum Gasteiger partial charge on any atom is 0.148 e. The van der Waals surface area contributed by atoms with Gasteiger partial charge in [0, 0.05) is 5.33 Å². The van der Waals surface area contributed by atoms with Gasteiger partial charge in [0.1, 0.15) is 23.8 Å². The number of allylic oxidation sites excluding steroid dienone is 2. The standard InChI is InChI=1S/C12H6BrN3/c13-5-9-1-3-10(4-2-9)12(8-16)11(6-14)7-15/h1-4H,5H2. The van der Waals surface area contributed by atoms with Gasteiger partial charge in [-0.05, 0) is 11.1 Å². The van der Waals surface area contributed by atoms with Crippen molar-refractivity contribution in [2.75, 3.05) is 0 Å². The summed E-state index contributed by atoms with van der Waals surface area (Å²) in [6.07, 6.45) is 0. The summed E-state index contributed by atoms with van der Waals surface area (Å²) in [6.45, 7) is 0. The van der Waals surface area contributed by atoms with Crippen LogP contribution < -0.4 is 0 Å². The first-order valence-corrected chi connectivity index (χ1v) is 5.48. The van der Waals surface area contributed by atoms with E-state index in [1.807, 2.05) is 18.2 Å². The van der Waals surface area contributed by atoms with Crippen molar-refractivity contribution in [3.05, 3.63) is 41.0 Å². The summed E-state index contributed by atoms with van der Waals surface area (Å²) in [5.41, 5.74) is 1.61. The second-order valence-electron chi connectivity index (χ2n) is 2.92. The Kier molecular flexibility index (Phi) is 4.28. The average molecular weight is 272 g/mol. The highest BCUT2D eigenvalue weighted by Crippen LogP contribution is 2.19. The van der Waals surface area contributed by atoms with Crippen molar-refractivity contribution in [2.45, 2.75) is 5.33 Å². The van der Waals surface area contributed by atoms with Crippen LogP contribution in [0.2, 0.25) is 0 Å². The molecule has 0 aliphatic rings. The Morgan fingerprint density at radius 1 is 1.00 bits per heavy atom. The molecule has 16 heavy (non-hydrogen) atoms. The molecule has 1 rings (SSSR count). The summed E-state index contributed by atoms with van der Waals surface area (Å²) >= 11 is 3.31. The molecule has 0 radical (unpaired) electrons. The largest absolute Gasteiger partial charge is 0.192 e. The average Bonchev–Trinajstić information content (AvgIpc) is 2.36. The third kappa shape index (κ3) is 2.48. The fraction of sp³-hybridized carbons (Fsp3) is 0.0833. The molecule has 0 atom stereocenters. The number of nitriles is 3. The van der Waals surface area contributed by atoms with Gasteiger partial charge in [-0.2, -0.15) is 15.8 Å². The zero-order valence-corrected chi connectivity index (χ0v) is 9.82. The lowest BCUT2D eigenvalue weighted by molar-refractivity contribution is 1.41. The molecule has 3 nitrogen and oxygen atoms in total. The Balaban J connectivity index is 3.28. The summed E-state index contributed by atoms with van der Waals surface area (Å²) in [7, 11) is 0. The quantitative estimate of drug-likeness (QED) is 0.613. The predicted molar refractivity (Wildman–Crippen MR) is 62.8 cm³/mol. The number of halogens is 1. The van der Waals surface area contributed by atoms with E-state index < -0.39 is 0 Å². The van der Waals surface area contributed by atoms with E-state index in [1.165, 1.54) is 0 Å². The molecule has 0 aliphatic heterocycles. The second kappa shape index (κ2) is 5.71. The Morgan fingerprint density at radius 2 is 1.56 bits per heavy atom. The van der Waals surface area contributed by atoms with Crippen LogP contribution in [0.15, 0.2) is 29.8 Å². The fourth-order valence-corrected chi connectivity index (χ4v) is 1.54. The minimum Gasteiger partial charge on any atom is -0.192 e. The minimum atomic E-state index is -0.158. The normalized spacial score (nSPS) is 8.38. The van der Waals surface area contributed by atoms with Gasteiger partial charge in [-0.25, -0.2) is 0 Å². The molecule has 0 heterocycles. The lowest BCUT2D eigenvalue weighted by Crippen LogP contribution is -1.87. The van der Waals surface area contributed by atoms with Gasteiger partial charge in [0.15, 0.2) is 0 Å². The monoisotopic (exact) mass is 271 g/mol.